The first-order valence-electron chi connectivity index (χ1n) is 13.2. The second-order valence-corrected chi connectivity index (χ2v) is 11.2. The van der Waals surface area contributed by atoms with Crippen molar-refractivity contribution in [3.63, 3.8) is 0 Å². The summed E-state index contributed by atoms with van der Waals surface area (Å²) < 4.78 is 2.21. The topological polar surface area (TPSA) is 72.2 Å². The van der Waals surface area contributed by atoms with Crippen LogP contribution >= 0.6 is 23.4 Å². The van der Waals surface area contributed by atoms with E-state index in [0.717, 1.165) is 56.5 Å². The summed E-state index contributed by atoms with van der Waals surface area (Å²) in [6.45, 7) is 0. The number of nitrogens with zero attached hydrogens (tertiary/aromatic N) is 4. The molecule has 0 saturated heterocycles. The van der Waals surface area contributed by atoms with Crippen molar-refractivity contribution in [3.05, 3.63) is 89.4 Å². The van der Waals surface area contributed by atoms with Gasteiger partial charge in [0.25, 0.3) is 5.91 Å². The smallest absolute Gasteiger partial charge is 0.250 e. The van der Waals surface area contributed by atoms with E-state index in [1.807, 2.05) is 48.5 Å². The molecular formula is C31H28ClN5OS. The Morgan fingerprint density at radius 3 is 2.31 bits per heavy atom. The van der Waals surface area contributed by atoms with Crippen molar-refractivity contribution in [2.24, 2.45) is 5.10 Å². The van der Waals surface area contributed by atoms with Crippen LogP contribution in [0.3, 0.4) is 0 Å². The number of benzene rings is 4. The average Bonchev–Trinajstić information content (AvgIpc) is 3.40. The number of amides is 1. The van der Waals surface area contributed by atoms with E-state index in [9.17, 15) is 4.79 Å². The maximum absolute atomic E-state index is 12.8. The van der Waals surface area contributed by atoms with Gasteiger partial charge in [-0.3, -0.25) is 9.36 Å². The van der Waals surface area contributed by atoms with Crippen molar-refractivity contribution < 1.29 is 4.79 Å². The molecule has 1 amide bonds. The molecule has 1 aliphatic carbocycles. The molecule has 0 spiro atoms. The van der Waals surface area contributed by atoms with E-state index in [2.05, 4.69) is 55.6 Å². The minimum atomic E-state index is -0.188. The number of hydrogen-bond acceptors (Lipinski definition) is 5. The Bertz CT molecular complexity index is 1600. The van der Waals surface area contributed by atoms with Gasteiger partial charge in [-0.05, 0) is 64.7 Å². The molecule has 0 bridgehead atoms. The number of carbonyl (C=O) groups is 1. The molecule has 6 rings (SSSR count). The standard InChI is InChI=1S/C31H28ClN5OS/c32-24-16-14-21(15-17-24)30-35-36-31(37(30)25-10-2-1-3-11-25)39-20-29(38)34-33-19-28-26-12-6-4-8-22(26)18-23-9-5-7-13-27(23)28/h4-9,12-19,25H,1-3,10-11,20H2,(H,34,38)/b33-19+. The Labute approximate surface area is 236 Å². The van der Waals surface area contributed by atoms with Crippen molar-refractivity contribution in [1.29, 1.82) is 0 Å². The van der Waals surface area contributed by atoms with E-state index in [4.69, 9.17) is 11.6 Å². The molecule has 6 nitrogen and oxygen atoms in total. The van der Waals surface area contributed by atoms with Gasteiger partial charge in [-0.2, -0.15) is 5.10 Å². The normalized spacial score (nSPS) is 14.4. The van der Waals surface area contributed by atoms with Gasteiger partial charge in [-0.25, -0.2) is 5.43 Å². The lowest BCUT2D eigenvalue weighted by Crippen LogP contribution is -2.20. The van der Waals surface area contributed by atoms with Gasteiger partial charge in [0.1, 0.15) is 0 Å². The summed E-state index contributed by atoms with van der Waals surface area (Å²) in [5.74, 6) is 0.827. The minimum Gasteiger partial charge on any atom is -0.299 e. The molecule has 1 fully saturated rings. The highest BCUT2D eigenvalue weighted by Crippen LogP contribution is 2.36. The van der Waals surface area contributed by atoms with E-state index >= 15 is 0 Å². The van der Waals surface area contributed by atoms with E-state index in [-0.39, 0.29) is 11.7 Å². The number of carbonyl (C=O) groups excluding carboxylic acids is 1. The molecule has 1 N–H and O–H groups in total. The fourth-order valence-electron chi connectivity index (χ4n) is 5.36. The van der Waals surface area contributed by atoms with Gasteiger partial charge in [-0.1, -0.05) is 91.2 Å². The predicted octanol–water partition coefficient (Wildman–Crippen LogP) is 7.65. The first kappa shape index (κ1) is 25.6. The van der Waals surface area contributed by atoms with Gasteiger partial charge in [0, 0.05) is 22.2 Å². The van der Waals surface area contributed by atoms with Crippen LogP contribution in [-0.4, -0.2) is 32.6 Å². The summed E-state index contributed by atoms with van der Waals surface area (Å²) in [4.78, 5) is 12.8. The number of hydrogen-bond donors (Lipinski definition) is 1. The molecule has 8 heteroatoms. The highest BCUT2D eigenvalue weighted by molar-refractivity contribution is 7.99. The average molecular weight is 554 g/mol. The van der Waals surface area contributed by atoms with Crippen LogP contribution in [0, 0.1) is 0 Å². The summed E-state index contributed by atoms with van der Waals surface area (Å²) in [7, 11) is 0. The zero-order valence-electron chi connectivity index (χ0n) is 21.4. The van der Waals surface area contributed by atoms with Crippen molar-refractivity contribution in [1.82, 2.24) is 20.2 Å². The molecule has 1 aromatic heterocycles. The van der Waals surface area contributed by atoms with Crippen molar-refractivity contribution in [2.45, 2.75) is 43.3 Å². The number of fused-ring (bicyclic) bond motifs is 2. The number of rotatable bonds is 7. The summed E-state index contributed by atoms with van der Waals surface area (Å²) in [6, 6.07) is 26.6. The van der Waals surface area contributed by atoms with E-state index in [0.29, 0.717) is 11.1 Å². The summed E-state index contributed by atoms with van der Waals surface area (Å²) in [5.41, 5.74) is 4.67. The van der Waals surface area contributed by atoms with Gasteiger partial charge < -0.3 is 0 Å². The van der Waals surface area contributed by atoms with Crippen LogP contribution in [0.5, 0.6) is 0 Å². The van der Waals surface area contributed by atoms with Crippen LogP contribution in [0.2, 0.25) is 5.02 Å². The lowest BCUT2D eigenvalue weighted by molar-refractivity contribution is -0.118. The third-order valence-corrected chi connectivity index (χ3v) is 8.43. The lowest BCUT2D eigenvalue weighted by atomic mass is 9.95. The van der Waals surface area contributed by atoms with Gasteiger partial charge in [0.05, 0.1) is 12.0 Å². The Balaban J connectivity index is 1.20. The van der Waals surface area contributed by atoms with Gasteiger partial charge in [-0.15, -0.1) is 10.2 Å². The number of thioether (sulfide) groups is 1. The molecule has 39 heavy (non-hydrogen) atoms. The van der Waals surface area contributed by atoms with Crippen LogP contribution < -0.4 is 5.43 Å². The second-order valence-electron chi connectivity index (χ2n) is 9.79. The predicted molar refractivity (Wildman–Crippen MR) is 161 cm³/mol. The molecule has 1 heterocycles. The van der Waals surface area contributed by atoms with E-state index < -0.39 is 0 Å². The van der Waals surface area contributed by atoms with Crippen molar-refractivity contribution in [3.8, 4) is 11.4 Å². The highest BCUT2D eigenvalue weighted by Gasteiger charge is 2.24. The number of aromatic nitrogens is 3. The van der Waals surface area contributed by atoms with Gasteiger partial charge in [0.15, 0.2) is 11.0 Å². The minimum absolute atomic E-state index is 0.188. The maximum Gasteiger partial charge on any atom is 0.250 e. The maximum atomic E-state index is 12.8. The fourth-order valence-corrected chi connectivity index (χ4v) is 6.28. The quantitative estimate of drug-likeness (QED) is 0.0972. The molecule has 5 aromatic rings. The fraction of sp³-hybridized carbons (Fsp3) is 0.226. The third-order valence-electron chi connectivity index (χ3n) is 7.23. The van der Waals surface area contributed by atoms with Crippen molar-refractivity contribution in [2.75, 3.05) is 5.75 Å². The Morgan fingerprint density at radius 2 is 1.62 bits per heavy atom. The number of halogens is 1. The monoisotopic (exact) mass is 553 g/mol. The Morgan fingerprint density at radius 1 is 0.949 bits per heavy atom. The molecule has 196 valence electrons. The van der Waals surface area contributed by atoms with E-state index in [1.54, 1.807) is 6.21 Å². The first-order chi connectivity index (χ1) is 19.2. The van der Waals surface area contributed by atoms with Crippen LogP contribution in [-0.2, 0) is 4.79 Å². The molecule has 1 aliphatic rings. The van der Waals surface area contributed by atoms with E-state index in [1.165, 1.54) is 31.0 Å². The molecule has 1 saturated carbocycles. The molecule has 0 radical (unpaired) electrons. The summed E-state index contributed by atoms with van der Waals surface area (Å²) in [6.07, 6.45) is 7.54. The summed E-state index contributed by atoms with van der Waals surface area (Å²) >= 11 is 7.51. The Kier molecular flexibility index (Phi) is 7.61. The third kappa shape index (κ3) is 5.56. The zero-order valence-corrected chi connectivity index (χ0v) is 23.0. The largest absolute Gasteiger partial charge is 0.299 e. The van der Waals surface area contributed by atoms with Crippen LogP contribution in [0.25, 0.3) is 32.9 Å². The van der Waals surface area contributed by atoms with Crippen LogP contribution in [0.15, 0.2) is 89.1 Å². The molecule has 0 unspecified atom stereocenters. The molecule has 4 aromatic carbocycles. The van der Waals surface area contributed by atoms with Gasteiger partial charge >= 0.3 is 0 Å². The summed E-state index contributed by atoms with van der Waals surface area (Å²) in [5, 5.41) is 19.2. The lowest BCUT2D eigenvalue weighted by Gasteiger charge is -2.25. The second kappa shape index (κ2) is 11.6. The van der Waals surface area contributed by atoms with Crippen LogP contribution in [0.4, 0.5) is 0 Å². The highest BCUT2D eigenvalue weighted by atomic mass is 35.5. The first-order valence-corrected chi connectivity index (χ1v) is 14.6. The van der Waals surface area contributed by atoms with Crippen molar-refractivity contribution >= 4 is 57.0 Å². The molecular weight excluding hydrogens is 526 g/mol. The van der Waals surface area contributed by atoms with Crippen LogP contribution in [0.1, 0.15) is 43.7 Å². The zero-order chi connectivity index (χ0) is 26.6. The van der Waals surface area contributed by atoms with Gasteiger partial charge in [0.2, 0.25) is 0 Å². The number of nitrogens with one attached hydrogen (secondary N) is 1. The Hall–Kier alpha value is -3.68. The SMILES string of the molecule is O=C(CSc1nnc(-c2ccc(Cl)cc2)n1C1CCCCC1)N/N=C/c1c2ccccc2cc2ccccc12. The molecule has 0 atom stereocenters. The number of hydrazone groups is 1. The molecule has 0 aliphatic heterocycles.